The summed E-state index contributed by atoms with van der Waals surface area (Å²) in [4.78, 5) is 12.1. The summed E-state index contributed by atoms with van der Waals surface area (Å²) < 4.78 is 0. The fraction of sp³-hybridized carbons (Fsp3) is 0.588. The molecule has 0 bridgehead atoms. The van der Waals surface area contributed by atoms with Gasteiger partial charge in [-0.15, -0.1) is 0 Å². The van der Waals surface area contributed by atoms with E-state index in [1.165, 1.54) is 17.5 Å². The number of carbonyl (C=O) groups excluding carboxylic acids is 1. The highest BCUT2D eigenvalue weighted by molar-refractivity contribution is 5.79. The lowest BCUT2D eigenvalue weighted by molar-refractivity contribution is -0.121. The maximum Gasteiger partial charge on any atom is 0.224 e. The Kier molecular flexibility index (Phi) is 3.98. The van der Waals surface area contributed by atoms with Gasteiger partial charge in [-0.3, -0.25) is 4.79 Å². The third-order valence-electron chi connectivity index (χ3n) is 4.19. The molecule has 0 spiro atoms. The molecular weight excluding hydrogens is 234 g/mol. The van der Waals surface area contributed by atoms with E-state index in [-0.39, 0.29) is 5.91 Å². The average molecular weight is 259 g/mol. The van der Waals surface area contributed by atoms with Crippen LogP contribution in [0.25, 0.3) is 0 Å². The molecule has 104 valence electrons. The van der Waals surface area contributed by atoms with Crippen molar-refractivity contribution in [2.75, 3.05) is 0 Å². The van der Waals surface area contributed by atoms with Gasteiger partial charge in [-0.05, 0) is 49.7 Å². The van der Waals surface area contributed by atoms with E-state index in [1.807, 2.05) is 0 Å². The van der Waals surface area contributed by atoms with Crippen molar-refractivity contribution in [3.05, 3.63) is 34.9 Å². The van der Waals surface area contributed by atoms with Gasteiger partial charge in [0.15, 0.2) is 0 Å². The number of aryl methyl sites for hydroxylation is 2. The molecule has 0 aliphatic heterocycles. The normalized spacial score (nSPS) is 21.4. The highest BCUT2D eigenvalue weighted by Crippen LogP contribution is 2.36. The second-order valence-electron chi connectivity index (χ2n) is 6.78. The van der Waals surface area contributed by atoms with E-state index < -0.39 is 0 Å². The Labute approximate surface area is 116 Å². The third kappa shape index (κ3) is 3.82. The molecule has 1 aromatic rings. The van der Waals surface area contributed by atoms with Crippen LogP contribution in [0.15, 0.2) is 18.2 Å². The molecule has 2 nitrogen and oxygen atoms in total. The molecule has 1 unspecified atom stereocenters. The maximum absolute atomic E-state index is 12.1. The van der Waals surface area contributed by atoms with Gasteiger partial charge in [0.1, 0.15) is 0 Å². The standard InChI is InChI=1S/C17H25NO/c1-12-5-6-13(2)14(9-12)10-16(19)18-15-7-8-17(3,4)11-15/h5-6,9,15H,7-8,10-11H2,1-4H3,(H,18,19). The lowest BCUT2D eigenvalue weighted by Crippen LogP contribution is -2.34. The number of rotatable bonds is 3. The first-order valence-corrected chi connectivity index (χ1v) is 7.21. The first kappa shape index (κ1) is 14.1. The summed E-state index contributed by atoms with van der Waals surface area (Å²) in [6.45, 7) is 8.70. The minimum Gasteiger partial charge on any atom is -0.353 e. The summed E-state index contributed by atoms with van der Waals surface area (Å²) in [5.41, 5.74) is 3.95. The van der Waals surface area contributed by atoms with E-state index in [0.29, 0.717) is 17.9 Å². The summed E-state index contributed by atoms with van der Waals surface area (Å²) in [5.74, 6) is 0.163. The predicted octanol–water partition coefficient (Wildman–Crippen LogP) is 3.54. The third-order valence-corrected chi connectivity index (χ3v) is 4.19. The fourth-order valence-corrected chi connectivity index (χ4v) is 3.00. The number of hydrogen-bond acceptors (Lipinski definition) is 1. The second-order valence-corrected chi connectivity index (χ2v) is 6.78. The number of benzene rings is 1. The zero-order valence-electron chi connectivity index (χ0n) is 12.5. The molecule has 1 fully saturated rings. The quantitative estimate of drug-likeness (QED) is 0.884. The van der Waals surface area contributed by atoms with Crippen molar-refractivity contribution in [1.82, 2.24) is 5.32 Å². The van der Waals surface area contributed by atoms with Crippen LogP contribution in [0.4, 0.5) is 0 Å². The lowest BCUT2D eigenvalue weighted by Gasteiger charge is -2.18. The maximum atomic E-state index is 12.1. The topological polar surface area (TPSA) is 29.1 Å². The molecule has 0 saturated heterocycles. The molecule has 1 N–H and O–H groups in total. The Balaban J connectivity index is 1.93. The van der Waals surface area contributed by atoms with Crippen molar-refractivity contribution in [3.8, 4) is 0 Å². The van der Waals surface area contributed by atoms with Gasteiger partial charge in [0.2, 0.25) is 5.91 Å². The highest BCUT2D eigenvalue weighted by atomic mass is 16.1. The number of nitrogens with one attached hydrogen (secondary N) is 1. The first-order chi connectivity index (χ1) is 8.85. The Bertz CT molecular complexity index is 476. The zero-order chi connectivity index (χ0) is 14.0. The molecule has 1 amide bonds. The molecular formula is C17H25NO. The predicted molar refractivity (Wildman–Crippen MR) is 79.2 cm³/mol. The lowest BCUT2D eigenvalue weighted by atomic mass is 9.92. The van der Waals surface area contributed by atoms with Gasteiger partial charge in [0.05, 0.1) is 6.42 Å². The summed E-state index contributed by atoms with van der Waals surface area (Å²) in [6.07, 6.45) is 3.93. The molecule has 1 atom stereocenters. The second kappa shape index (κ2) is 5.36. The smallest absolute Gasteiger partial charge is 0.224 e. The number of hydrogen-bond donors (Lipinski definition) is 1. The Morgan fingerprint density at radius 1 is 1.37 bits per heavy atom. The van der Waals surface area contributed by atoms with E-state index >= 15 is 0 Å². The van der Waals surface area contributed by atoms with Crippen LogP contribution in [-0.4, -0.2) is 11.9 Å². The van der Waals surface area contributed by atoms with Crippen LogP contribution in [0.1, 0.15) is 49.8 Å². The summed E-state index contributed by atoms with van der Waals surface area (Å²) in [7, 11) is 0. The van der Waals surface area contributed by atoms with Crippen molar-refractivity contribution in [2.24, 2.45) is 5.41 Å². The summed E-state index contributed by atoms with van der Waals surface area (Å²) in [5, 5.41) is 3.19. The highest BCUT2D eigenvalue weighted by Gasteiger charge is 2.31. The van der Waals surface area contributed by atoms with E-state index in [9.17, 15) is 4.79 Å². The minimum atomic E-state index is 0.163. The summed E-state index contributed by atoms with van der Waals surface area (Å²) in [6, 6.07) is 6.67. The van der Waals surface area contributed by atoms with Crippen LogP contribution >= 0.6 is 0 Å². The minimum absolute atomic E-state index is 0.163. The van der Waals surface area contributed by atoms with E-state index in [4.69, 9.17) is 0 Å². The molecule has 2 rings (SSSR count). The van der Waals surface area contributed by atoms with Gasteiger partial charge in [-0.1, -0.05) is 37.6 Å². The van der Waals surface area contributed by atoms with Gasteiger partial charge in [0, 0.05) is 6.04 Å². The van der Waals surface area contributed by atoms with Crippen LogP contribution < -0.4 is 5.32 Å². The van der Waals surface area contributed by atoms with E-state index in [1.54, 1.807) is 0 Å². The molecule has 1 saturated carbocycles. The summed E-state index contributed by atoms with van der Waals surface area (Å²) >= 11 is 0. The molecule has 0 aromatic heterocycles. The Morgan fingerprint density at radius 3 is 2.74 bits per heavy atom. The van der Waals surface area contributed by atoms with Crippen LogP contribution in [0, 0.1) is 19.3 Å². The molecule has 0 heterocycles. The molecule has 19 heavy (non-hydrogen) atoms. The Hall–Kier alpha value is -1.31. The van der Waals surface area contributed by atoms with Gasteiger partial charge in [-0.2, -0.15) is 0 Å². The number of amides is 1. The van der Waals surface area contributed by atoms with Gasteiger partial charge in [0.25, 0.3) is 0 Å². The monoisotopic (exact) mass is 259 g/mol. The van der Waals surface area contributed by atoms with Crippen molar-refractivity contribution in [3.63, 3.8) is 0 Å². The SMILES string of the molecule is Cc1ccc(C)c(CC(=O)NC2CCC(C)(C)C2)c1. The van der Waals surface area contributed by atoms with Crippen LogP contribution in [-0.2, 0) is 11.2 Å². The van der Waals surface area contributed by atoms with Gasteiger partial charge in [-0.25, -0.2) is 0 Å². The Morgan fingerprint density at radius 2 is 2.11 bits per heavy atom. The van der Waals surface area contributed by atoms with Crippen molar-refractivity contribution < 1.29 is 4.79 Å². The molecule has 0 radical (unpaired) electrons. The molecule has 1 aliphatic carbocycles. The van der Waals surface area contributed by atoms with E-state index in [0.717, 1.165) is 18.4 Å². The first-order valence-electron chi connectivity index (χ1n) is 7.21. The number of carbonyl (C=O) groups is 1. The van der Waals surface area contributed by atoms with Crippen LogP contribution in [0.3, 0.4) is 0 Å². The van der Waals surface area contributed by atoms with Crippen molar-refractivity contribution in [1.29, 1.82) is 0 Å². The van der Waals surface area contributed by atoms with E-state index in [2.05, 4.69) is 51.2 Å². The van der Waals surface area contributed by atoms with Gasteiger partial charge >= 0.3 is 0 Å². The molecule has 1 aliphatic rings. The van der Waals surface area contributed by atoms with Gasteiger partial charge < -0.3 is 5.32 Å². The average Bonchev–Trinajstić information content (AvgIpc) is 2.63. The van der Waals surface area contributed by atoms with Crippen molar-refractivity contribution in [2.45, 2.75) is 59.4 Å². The molecule has 1 aromatic carbocycles. The molecule has 2 heteroatoms. The zero-order valence-corrected chi connectivity index (χ0v) is 12.5. The van der Waals surface area contributed by atoms with Crippen molar-refractivity contribution >= 4 is 5.91 Å². The van der Waals surface area contributed by atoms with Crippen LogP contribution in [0.5, 0.6) is 0 Å². The van der Waals surface area contributed by atoms with Crippen LogP contribution in [0.2, 0.25) is 0 Å². The largest absolute Gasteiger partial charge is 0.353 e. The fourth-order valence-electron chi connectivity index (χ4n) is 3.00.